The molecule has 1 fully saturated rings. The van der Waals surface area contributed by atoms with E-state index in [2.05, 4.69) is 86.4 Å². The third-order valence-corrected chi connectivity index (χ3v) is 7.11. The third kappa shape index (κ3) is 5.80. The Labute approximate surface area is 189 Å². The number of fused-ring (bicyclic) bond motifs is 1. The van der Waals surface area contributed by atoms with Crippen LogP contribution in [0.3, 0.4) is 0 Å². The minimum Gasteiger partial charge on any atom is -0.0654 e. The Morgan fingerprint density at radius 2 is 1.39 bits per heavy atom. The topological polar surface area (TPSA) is 0 Å². The molecule has 0 nitrogen and oxygen atoms in total. The zero-order chi connectivity index (χ0) is 21.5. The van der Waals surface area contributed by atoms with Crippen LogP contribution in [0.4, 0.5) is 0 Å². The molecule has 3 aromatic rings. The van der Waals surface area contributed by atoms with Gasteiger partial charge in [0, 0.05) is 11.1 Å². The zero-order valence-electron chi connectivity index (χ0n) is 19.3. The SMILES string of the molecule is CCCCC[C@H]1CC[C@H](c2ccc(C#Cc3ccc4cc(CC)ccc4c3)cc2)CC1. The summed E-state index contributed by atoms with van der Waals surface area (Å²) >= 11 is 0. The fraction of sp³-hybridized carbons (Fsp3) is 0.419. The average Bonchev–Trinajstić information content (AvgIpc) is 2.83. The first kappa shape index (κ1) is 21.7. The van der Waals surface area contributed by atoms with Crippen molar-refractivity contribution >= 4 is 10.8 Å². The van der Waals surface area contributed by atoms with Crippen molar-refractivity contribution in [3.05, 3.63) is 82.9 Å². The van der Waals surface area contributed by atoms with E-state index in [1.54, 1.807) is 0 Å². The molecule has 160 valence electrons. The highest BCUT2D eigenvalue weighted by atomic mass is 14.3. The summed E-state index contributed by atoms with van der Waals surface area (Å²) < 4.78 is 0. The zero-order valence-corrected chi connectivity index (χ0v) is 19.3. The molecule has 0 amide bonds. The maximum Gasteiger partial charge on any atom is 0.0255 e. The van der Waals surface area contributed by atoms with Crippen molar-refractivity contribution in [2.45, 2.75) is 77.6 Å². The van der Waals surface area contributed by atoms with Crippen LogP contribution < -0.4 is 0 Å². The van der Waals surface area contributed by atoms with Gasteiger partial charge in [-0.25, -0.2) is 0 Å². The Morgan fingerprint density at radius 1 is 0.710 bits per heavy atom. The average molecular weight is 409 g/mol. The van der Waals surface area contributed by atoms with Gasteiger partial charge in [-0.2, -0.15) is 0 Å². The maximum atomic E-state index is 3.36. The molecule has 0 unspecified atom stereocenters. The summed E-state index contributed by atoms with van der Waals surface area (Å²) in [4.78, 5) is 0. The number of rotatable bonds is 6. The van der Waals surface area contributed by atoms with Gasteiger partial charge in [0.05, 0.1) is 0 Å². The van der Waals surface area contributed by atoms with Crippen LogP contribution in [0, 0.1) is 17.8 Å². The van der Waals surface area contributed by atoms with Crippen LogP contribution in [0.2, 0.25) is 0 Å². The van der Waals surface area contributed by atoms with Gasteiger partial charge < -0.3 is 0 Å². The van der Waals surface area contributed by atoms with Crippen LogP contribution >= 0.6 is 0 Å². The van der Waals surface area contributed by atoms with Crippen LogP contribution in [0.1, 0.15) is 93.4 Å². The van der Waals surface area contributed by atoms with Crippen molar-refractivity contribution in [3.8, 4) is 11.8 Å². The summed E-state index contributed by atoms with van der Waals surface area (Å²) in [6.07, 6.45) is 12.2. The molecule has 1 aliphatic rings. The van der Waals surface area contributed by atoms with Crippen molar-refractivity contribution in [1.82, 2.24) is 0 Å². The molecule has 0 radical (unpaired) electrons. The molecule has 3 aromatic carbocycles. The van der Waals surface area contributed by atoms with Gasteiger partial charge in [-0.15, -0.1) is 0 Å². The summed E-state index contributed by atoms with van der Waals surface area (Å²) in [5, 5.41) is 2.57. The van der Waals surface area contributed by atoms with Gasteiger partial charge in [0.25, 0.3) is 0 Å². The molecule has 0 N–H and O–H groups in total. The summed E-state index contributed by atoms with van der Waals surface area (Å²) in [5.41, 5.74) is 5.09. The molecule has 0 heterocycles. The van der Waals surface area contributed by atoms with Gasteiger partial charge >= 0.3 is 0 Å². The smallest absolute Gasteiger partial charge is 0.0255 e. The largest absolute Gasteiger partial charge is 0.0654 e. The van der Waals surface area contributed by atoms with Gasteiger partial charge in [0.15, 0.2) is 0 Å². The van der Waals surface area contributed by atoms with E-state index < -0.39 is 0 Å². The lowest BCUT2D eigenvalue weighted by molar-refractivity contribution is 0.303. The fourth-order valence-corrected chi connectivity index (χ4v) is 5.04. The number of hydrogen-bond acceptors (Lipinski definition) is 0. The van der Waals surface area contributed by atoms with Crippen molar-refractivity contribution in [2.24, 2.45) is 5.92 Å². The summed E-state index contributed by atoms with van der Waals surface area (Å²) in [5.74, 6) is 8.45. The number of aryl methyl sites for hydroxylation is 1. The summed E-state index contributed by atoms with van der Waals surface area (Å²) in [6.45, 7) is 4.50. The van der Waals surface area contributed by atoms with Gasteiger partial charge in [0.2, 0.25) is 0 Å². The van der Waals surface area contributed by atoms with Crippen LogP contribution in [-0.2, 0) is 6.42 Å². The molecule has 0 aliphatic heterocycles. The monoisotopic (exact) mass is 408 g/mol. The summed E-state index contributed by atoms with van der Waals surface area (Å²) in [7, 11) is 0. The highest BCUT2D eigenvalue weighted by Gasteiger charge is 2.21. The predicted molar refractivity (Wildman–Crippen MR) is 135 cm³/mol. The van der Waals surface area contributed by atoms with Crippen LogP contribution in [0.25, 0.3) is 10.8 Å². The molecule has 4 rings (SSSR count). The highest BCUT2D eigenvalue weighted by molar-refractivity contribution is 5.84. The van der Waals surface area contributed by atoms with Gasteiger partial charge in [-0.3, -0.25) is 0 Å². The van der Waals surface area contributed by atoms with E-state index in [9.17, 15) is 0 Å². The maximum absolute atomic E-state index is 3.36. The number of hydrogen-bond donors (Lipinski definition) is 0. The fourth-order valence-electron chi connectivity index (χ4n) is 5.04. The Morgan fingerprint density at radius 3 is 2.13 bits per heavy atom. The Balaban J connectivity index is 1.36. The first-order chi connectivity index (χ1) is 15.2. The normalized spacial score (nSPS) is 18.5. The van der Waals surface area contributed by atoms with Gasteiger partial charge in [0.1, 0.15) is 0 Å². The molecule has 0 spiro atoms. The van der Waals surface area contributed by atoms with Gasteiger partial charge in [-0.1, -0.05) is 87.8 Å². The first-order valence-corrected chi connectivity index (χ1v) is 12.4. The van der Waals surface area contributed by atoms with Crippen LogP contribution in [0.15, 0.2) is 60.7 Å². The molecule has 0 saturated heterocycles. The van der Waals surface area contributed by atoms with Crippen LogP contribution in [-0.4, -0.2) is 0 Å². The first-order valence-electron chi connectivity index (χ1n) is 12.4. The second kappa shape index (κ2) is 10.7. The van der Waals surface area contributed by atoms with E-state index in [1.807, 2.05) is 0 Å². The molecular weight excluding hydrogens is 372 g/mol. The minimum absolute atomic E-state index is 0.748. The molecule has 0 heteroatoms. The second-order valence-electron chi connectivity index (χ2n) is 9.34. The Bertz CT molecular complexity index is 1040. The molecule has 0 atom stereocenters. The van der Waals surface area contributed by atoms with Crippen molar-refractivity contribution < 1.29 is 0 Å². The lowest BCUT2D eigenvalue weighted by Gasteiger charge is -2.29. The number of benzene rings is 3. The lowest BCUT2D eigenvalue weighted by Crippen LogP contribution is -2.13. The van der Waals surface area contributed by atoms with Crippen LogP contribution in [0.5, 0.6) is 0 Å². The Kier molecular flexibility index (Phi) is 7.48. The molecule has 1 saturated carbocycles. The molecule has 0 bridgehead atoms. The summed E-state index contributed by atoms with van der Waals surface area (Å²) in [6, 6.07) is 22.3. The molecule has 31 heavy (non-hydrogen) atoms. The third-order valence-electron chi connectivity index (χ3n) is 7.11. The standard InChI is InChI=1S/C31H36/c1-3-5-6-7-25-11-16-28(17-12-25)29-18-13-26(14-19-29)8-9-27-15-21-30-22-24(4-2)10-20-31(30)23-27/h10,13-15,18-23,25,28H,3-7,11-12,16-17H2,1-2H3/t25-,28-. The van der Waals surface area contributed by atoms with Gasteiger partial charge in [-0.05, 0) is 90.1 Å². The quantitative estimate of drug-likeness (QED) is 0.283. The minimum atomic E-state index is 0.748. The van der Waals surface area contributed by atoms with E-state index >= 15 is 0 Å². The van der Waals surface area contributed by atoms with E-state index in [0.29, 0.717) is 0 Å². The molecule has 0 aromatic heterocycles. The van der Waals surface area contributed by atoms with E-state index in [-0.39, 0.29) is 0 Å². The molecular formula is C31H36. The Hall–Kier alpha value is -2.52. The van der Waals surface area contributed by atoms with E-state index in [4.69, 9.17) is 0 Å². The van der Waals surface area contributed by atoms with E-state index in [1.165, 1.54) is 73.3 Å². The second-order valence-corrected chi connectivity index (χ2v) is 9.34. The lowest BCUT2D eigenvalue weighted by atomic mass is 9.77. The van der Waals surface area contributed by atoms with Crippen molar-refractivity contribution in [2.75, 3.05) is 0 Å². The van der Waals surface area contributed by atoms with Crippen molar-refractivity contribution in [1.29, 1.82) is 0 Å². The predicted octanol–water partition coefficient (Wildman–Crippen LogP) is 8.66. The number of unbranched alkanes of at least 4 members (excludes halogenated alkanes) is 2. The highest BCUT2D eigenvalue weighted by Crippen LogP contribution is 2.37. The van der Waals surface area contributed by atoms with Crippen molar-refractivity contribution in [3.63, 3.8) is 0 Å². The van der Waals surface area contributed by atoms with E-state index in [0.717, 1.165) is 29.4 Å². The molecule has 1 aliphatic carbocycles.